The Morgan fingerprint density at radius 1 is 1.53 bits per heavy atom. The second-order valence-electron chi connectivity index (χ2n) is 4.91. The first kappa shape index (κ1) is 14.0. The van der Waals surface area contributed by atoms with Crippen LogP contribution in [-0.2, 0) is 9.53 Å². The van der Waals surface area contributed by atoms with Crippen LogP contribution in [0.15, 0.2) is 18.3 Å². The number of pyridine rings is 1. The van der Waals surface area contributed by atoms with Gasteiger partial charge >= 0.3 is 0 Å². The minimum Gasteiger partial charge on any atom is -0.379 e. The molecule has 1 fully saturated rings. The van der Waals surface area contributed by atoms with Crippen LogP contribution in [0.4, 0.5) is 5.82 Å². The summed E-state index contributed by atoms with van der Waals surface area (Å²) in [7, 11) is 0. The average molecular weight is 263 g/mol. The van der Waals surface area contributed by atoms with Gasteiger partial charge in [0.25, 0.3) is 0 Å². The molecule has 1 saturated heterocycles. The summed E-state index contributed by atoms with van der Waals surface area (Å²) in [5.41, 5.74) is 1.08. The van der Waals surface area contributed by atoms with Gasteiger partial charge in [0, 0.05) is 12.2 Å². The Morgan fingerprint density at radius 3 is 3.11 bits per heavy atom. The van der Waals surface area contributed by atoms with E-state index in [1.165, 1.54) is 0 Å². The molecule has 2 rings (SSSR count). The van der Waals surface area contributed by atoms with E-state index in [2.05, 4.69) is 22.5 Å². The van der Waals surface area contributed by atoms with Crippen LogP contribution in [0.1, 0.15) is 18.9 Å². The van der Waals surface area contributed by atoms with Gasteiger partial charge in [-0.3, -0.25) is 4.79 Å². The van der Waals surface area contributed by atoms with Crippen LogP contribution in [0.2, 0.25) is 0 Å². The molecule has 5 heteroatoms. The van der Waals surface area contributed by atoms with Gasteiger partial charge in [-0.2, -0.15) is 0 Å². The van der Waals surface area contributed by atoms with Crippen molar-refractivity contribution in [3.8, 4) is 0 Å². The van der Waals surface area contributed by atoms with Crippen molar-refractivity contribution < 1.29 is 9.53 Å². The molecule has 1 aromatic heterocycles. The number of hydrogen-bond donors (Lipinski definition) is 2. The van der Waals surface area contributed by atoms with Crippen molar-refractivity contribution >= 4 is 11.7 Å². The van der Waals surface area contributed by atoms with Crippen molar-refractivity contribution in [1.82, 2.24) is 10.3 Å². The summed E-state index contributed by atoms with van der Waals surface area (Å²) in [5.74, 6) is 0.434. The van der Waals surface area contributed by atoms with Crippen molar-refractivity contribution in [3.63, 3.8) is 0 Å². The van der Waals surface area contributed by atoms with Crippen LogP contribution in [0.5, 0.6) is 0 Å². The molecule has 2 N–H and O–H groups in total. The molecule has 1 aromatic rings. The first-order valence-electron chi connectivity index (χ1n) is 6.75. The molecule has 0 spiro atoms. The van der Waals surface area contributed by atoms with Crippen molar-refractivity contribution in [1.29, 1.82) is 0 Å². The zero-order valence-electron chi connectivity index (χ0n) is 11.5. The molecule has 2 heterocycles. The zero-order valence-corrected chi connectivity index (χ0v) is 11.5. The minimum absolute atomic E-state index is 0.0239. The number of amides is 1. The van der Waals surface area contributed by atoms with Gasteiger partial charge in [-0.15, -0.1) is 0 Å². The lowest BCUT2D eigenvalue weighted by Crippen LogP contribution is -2.41. The van der Waals surface area contributed by atoms with E-state index in [4.69, 9.17) is 4.74 Å². The van der Waals surface area contributed by atoms with Gasteiger partial charge < -0.3 is 15.4 Å². The minimum atomic E-state index is -0.145. The smallest absolute Gasteiger partial charge is 0.232 e. The summed E-state index contributed by atoms with van der Waals surface area (Å²) in [6, 6.07) is 3.87. The molecule has 0 radical (unpaired) electrons. The Balaban J connectivity index is 1.95. The molecule has 0 saturated carbocycles. The molecule has 1 aliphatic heterocycles. The van der Waals surface area contributed by atoms with E-state index in [1.807, 2.05) is 19.1 Å². The summed E-state index contributed by atoms with van der Waals surface area (Å²) in [6.07, 6.45) is 2.74. The maximum Gasteiger partial charge on any atom is 0.232 e. The molecule has 104 valence electrons. The summed E-state index contributed by atoms with van der Waals surface area (Å²) in [4.78, 5) is 16.4. The molecule has 1 amide bonds. The summed E-state index contributed by atoms with van der Waals surface area (Å²) in [6.45, 7) is 6.05. The fourth-order valence-corrected chi connectivity index (χ4v) is 2.17. The van der Waals surface area contributed by atoms with E-state index >= 15 is 0 Å². The van der Waals surface area contributed by atoms with Gasteiger partial charge in [0.15, 0.2) is 0 Å². The SMILES string of the molecule is CCCNC1COCC1C(=O)Nc1cc(C)ccn1. The lowest BCUT2D eigenvalue weighted by molar-refractivity contribution is -0.120. The van der Waals surface area contributed by atoms with Crippen LogP contribution >= 0.6 is 0 Å². The van der Waals surface area contributed by atoms with E-state index in [-0.39, 0.29) is 17.9 Å². The molecule has 5 nitrogen and oxygen atoms in total. The van der Waals surface area contributed by atoms with Gasteiger partial charge in [0.1, 0.15) is 5.82 Å². The Hall–Kier alpha value is -1.46. The normalized spacial score (nSPS) is 22.4. The van der Waals surface area contributed by atoms with Crippen molar-refractivity contribution in [3.05, 3.63) is 23.9 Å². The predicted molar refractivity (Wildman–Crippen MR) is 74.0 cm³/mol. The second-order valence-corrected chi connectivity index (χ2v) is 4.91. The maximum absolute atomic E-state index is 12.2. The summed E-state index contributed by atoms with van der Waals surface area (Å²) in [5, 5.41) is 6.21. The predicted octanol–water partition coefficient (Wildman–Crippen LogP) is 1.34. The van der Waals surface area contributed by atoms with E-state index < -0.39 is 0 Å². The quantitative estimate of drug-likeness (QED) is 0.841. The molecular weight excluding hydrogens is 242 g/mol. The molecule has 1 aliphatic rings. The van der Waals surface area contributed by atoms with Gasteiger partial charge in [-0.05, 0) is 37.6 Å². The standard InChI is InChI=1S/C14H21N3O2/c1-3-5-15-12-9-19-8-11(12)14(18)17-13-7-10(2)4-6-16-13/h4,6-7,11-12,15H,3,5,8-9H2,1-2H3,(H,16,17,18). The highest BCUT2D eigenvalue weighted by atomic mass is 16.5. The number of carbonyl (C=O) groups excluding carboxylic acids is 1. The highest BCUT2D eigenvalue weighted by molar-refractivity contribution is 5.92. The lowest BCUT2D eigenvalue weighted by atomic mass is 10.0. The number of carbonyl (C=O) groups is 1. The molecule has 0 aliphatic carbocycles. The molecular formula is C14H21N3O2. The number of rotatable bonds is 5. The molecule has 2 unspecified atom stereocenters. The highest BCUT2D eigenvalue weighted by Crippen LogP contribution is 2.16. The number of nitrogens with zero attached hydrogens (tertiary/aromatic N) is 1. The molecule has 19 heavy (non-hydrogen) atoms. The summed E-state index contributed by atoms with van der Waals surface area (Å²) >= 11 is 0. The van der Waals surface area contributed by atoms with Crippen LogP contribution in [0.25, 0.3) is 0 Å². The van der Waals surface area contributed by atoms with Gasteiger partial charge in [0.05, 0.1) is 19.1 Å². The number of aryl methyl sites for hydroxylation is 1. The number of hydrogen-bond acceptors (Lipinski definition) is 4. The number of anilines is 1. The van der Waals surface area contributed by atoms with Crippen molar-refractivity contribution in [2.45, 2.75) is 26.3 Å². The fourth-order valence-electron chi connectivity index (χ4n) is 2.17. The Labute approximate surface area is 113 Å². The largest absolute Gasteiger partial charge is 0.379 e. The first-order chi connectivity index (χ1) is 9.20. The zero-order chi connectivity index (χ0) is 13.7. The Bertz CT molecular complexity index is 436. The number of ether oxygens (including phenoxy) is 1. The third kappa shape index (κ3) is 3.75. The third-order valence-electron chi connectivity index (χ3n) is 3.24. The third-order valence-corrected chi connectivity index (χ3v) is 3.24. The van der Waals surface area contributed by atoms with Crippen LogP contribution < -0.4 is 10.6 Å². The summed E-state index contributed by atoms with van der Waals surface area (Å²) < 4.78 is 5.41. The van der Waals surface area contributed by atoms with Crippen LogP contribution in [0, 0.1) is 12.8 Å². The van der Waals surface area contributed by atoms with Crippen molar-refractivity contribution in [2.75, 3.05) is 25.1 Å². The first-order valence-corrected chi connectivity index (χ1v) is 6.75. The molecule has 0 bridgehead atoms. The maximum atomic E-state index is 12.2. The number of nitrogens with one attached hydrogen (secondary N) is 2. The topological polar surface area (TPSA) is 63.2 Å². The second kappa shape index (κ2) is 6.63. The van der Waals surface area contributed by atoms with Gasteiger partial charge in [0.2, 0.25) is 5.91 Å². The lowest BCUT2D eigenvalue weighted by Gasteiger charge is -2.18. The molecule has 2 atom stereocenters. The Morgan fingerprint density at radius 2 is 2.37 bits per heavy atom. The average Bonchev–Trinajstić information content (AvgIpc) is 2.84. The van der Waals surface area contributed by atoms with Crippen LogP contribution in [-0.4, -0.2) is 36.7 Å². The van der Waals surface area contributed by atoms with E-state index in [0.29, 0.717) is 19.0 Å². The fraction of sp³-hybridized carbons (Fsp3) is 0.571. The van der Waals surface area contributed by atoms with Crippen molar-refractivity contribution in [2.24, 2.45) is 5.92 Å². The highest BCUT2D eigenvalue weighted by Gasteiger charge is 2.33. The number of aromatic nitrogens is 1. The Kier molecular flexibility index (Phi) is 4.87. The van der Waals surface area contributed by atoms with Gasteiger partial charge in [-0.25, -0.2) is 4.98 Å². The van der Waals surface area contributed by atoms with Gasteiger partial charge in [-0.1, -0.05) is 6.92 Å². The monoisotopic (exact) mass is 263 g/mol. The van der Waals surface area contributed by atoms with E-state index in [9.17, 15) is 4.79 Å². The van der Waals surface area contributed by atoms with Crippen LogP contribution in [0.3, 0.4) is 0 Å². The molecule has 0 aromatic carbocycles. The van der Waals surface area contributed by atoms with E-state index in [1.54, 1.807) is 6.20 Å². The van der Waals surface area contributed by atoms with E-state index in [0.717, 1.165) is 18.5 Å².